The zero-order valence-electron chi connectivity index (χ0n) is 10.4. The van der Waals surface area contributed by atoms with Crippen LogP contribution in [0.5, 0.6) is 0 Å². The fourth-order valence-corrected chi connectivity index (χ4v) is 1.90. The number of rotatable bonds is 1. The molecular formula is C13H14N2O2. The standard InChI is InChI=1S/C13H14N2O2/c1-7-5-10(8(2)16)12-11(6-7)13(17)15(4)9(3)14-12/h5-6H,1-4H3. The molecule has 0 bridgehead atoms. The van der Waals surface area contributed by atoms with Gasteiger partial charge in [0.15, 0.2) is 5.78 Å². The van der Waals surface area contributed by atoms with Crippen molar-refractivity contribution in [1.29, 1.82) is 0 Å². The highest BCUT2D eigenvalue weighted by atomic mass is 16.1. The molecule has 1 heterocycles. The molecule has 1 aromatic carbocycles. The Bertz CT molecular complexity index is 684. The third-order valence-corrected chi connectivity index (χ3v) is 2.93. The number of ketones is 1. The van der Waals surface area contributed by atoms with E-state index in [9.17, 15) is 9.59 Å². The largest absolute Gasteiger partial charge is 0.299 e. The summed E-state index contributed by atoms with van der Waals surface area (Å²) >= 11 is 0. The molecule has 2 rings (SSSR count). The van der Waals surface area contributed by atoms with Gasteiger partial charge >= 0.3 is 0 Å². The van der Waals surface area contributed by atoms with Gasteiger partial charge in [0.2, 0.25) is 0 Å². The molecule has 0 aliphatic heterocycles. The van der Waals surface area contributed by atoms with Crippen molar-refractivity contribution in [2.75, 3.05) is 0 Å². The number of carbonyl (C=O) groups excluding carboxylic acids is 1. The topological polar surface area (TPSA) is 52.0 Å². The lowest BCUT2D eigenvalue weighted by Crippen LogP contribution is -2.21. The molecule has 0 N–H and O–H groups in total. The van der Waals surface area contributed by atoms with Crippen molar-refractivity contribution < 1.29 is 4.79 Å². The van der Waals surface area contributed by atoms with E-state index in [2.05, 4.69) is 4.98 Å². The third kappa shape index (κ3) is 1.75. The van der Waals surface area contributed by atoms with Gasteiger partial charge in [0.05, 0.1) is 10.9 Å². The van der Waals surface area contributed by atoms with Crippen LogP contribution < -0.4 is 5.56 Å². The molecule has 0 amide bonds. The number of aromatic nitrogens is 2. The van der Waals surface area contributed by atoms with E-state index in [0.717, 1.165) is 5.56 Å². The second-order valence-electron chi connectivity index (χ2n) is 4.29. The summed E-state index contributed by atoms with van der Waals surface area (Å²) in [5.41, 5.74) is 1.80. The van der Waals surface area contributed by atoms with E-state index in [1.165, 1.54) is 11.5 Å². The highest BCUT2D eigenvalue weighted by Crippen LogP contribution is 2.17. The van der Waals surface area contributed by atoms with Crippen molar-refractivity contribution >= 4 is 16.7 Å². The summed E-state index contributed by atoms with van der Waals surface area (Å²) in [6.07, 6.45) is 0. The van der Waals surface area contributed by atoms with E-state index in [0.29, 0.717) is 22.3 Å². The smallest absolute Gasteiger partial charge is 0.261 e. The van der Waals surface area contributed by atoms with Crippen LogP contribution in [0, 0.1) is 13.8 Å². The van der Waals surface area contributed by atoms with E-state index >= 15 is 0 Å². The van der Waals surface area contributed by atoms with Gasteiger partial charge in [-0.05, 0) is 38.5 Å². The molecule has 0 aliphatic carbocycles. The SMILES string of the molecule is CC(=O)c1cc(C)cc2c(=O)n(C)c(C)nc12. The normalized spacial score (nSPS) is 10.8. The molecule has 0 radical (unpaired) electrons. The van der Waals surface area contributed by atoms with Gasteiger partial charge in [-0.1, -0.05) is 0 Å². The van der Waals surface area contributed by atoms with Crippen LogP contribution in [0.2, 0.25) is 0 Å². The van der Waals surface area contributed by atoms with E-state index in [1.54, 1.807) is 26.1 Å². The Morgan fingerprint density at radius 2 is 1.94 bits per heavy atom. The molecule has 0 aliphatic rings. The predicted molar refractivity (Wildman–Crippen MR) is 66.5 cm³/mol. The fraction of sp³-hybridized carbons (Fsp3) is 0.308. The van der Waals surface area contributed by atoms with E-state index in [-0.39, 0.29) is 11.3 Å². The number of hydrogen-bond acceptors (Lipinski definition) is 3. The number of hydrogen-bond donors (Lipinski definition) is 0. The number of nitrogens with zero attached hydrogens (tertiary/aromatic N) is 2. The predicted octanol–water partition coefficient (Wildman–Crippen LogP) is 1.75. The average molecular weight is 230 g/mol. The van der Waals surface area contributed by atoms with Crippen molar-refractivity contribution in [2.45, 2.75) is 20.8 Å². The van der Waals surface area contributed by atoms with Crippen LogP contribution in [-0.2, 0) is 7.05 Å². The summed E-state index contributed by atoms with van der Waals surface area (Å²) in [5.74, 6) is 0.535. The van der Waals surface area contributed by atoms with Crippen molar-refractivity contribution in [3.63, 3.8) is 0 Å². The van der Waals surface area contributed by atoms with E-state index < -0.39 is 0 Å². The molecule has 0 fully saturated rings. The van der Waals surface area contributed by atoms with E-state index in [4.69, 9.17) is 0 Å². The van der Waals surface area contributed by atoms with E-state index in [1.807, 2.05) is 6.92 Å². The van der Waals surface area contributed by atoms with Gasteiger partial charge in [0.25, 0.3) is 5.56 Å². The van der Waals surface area contributed by atoms with Crippen LogP contribution in [0.1, 0.15) is 28.7 Å². The Hall–Kier alpha value is -1.97. The van der Waals surface area contributed by atoms with Crippen LogP contribution in [0.25, 0.3) is 10.9 Å². The Labute approximate surface area is 98.9 Å². The van der Waals surface area contributed by atoms with Crippen LogP contribution >= 0.6 is 0 Å². The monoisotopic (exact) mass is 230 g/mol. The number of aryl methyl sites for hydroxylation is 2. The van der Waals surface area contributed by atoms with Gasteiger partial charge in [-0.25, -0.2) is 4.98 Å². The maximum Gasteiger partial charge on any atom is 0.261 e. The second kappa shape index (κ2) is 3.80. The van der Waals surface area contributed by atoms with Gasteiger partial charge in [0.1, 0.15) is 5.82 Å². The first kappa shape index (κ1) is 11.5. The number of Topliss-reactive ketones (excluding diaryl/α,β-unsaturated/α-hetero) is 1. The summed E-state index contributed by atoms with van der Waals surface area (Å²) < 4.78 is 1.49. The Balaban J connectivity index is 3.05. The van der Waals surface area contributed by atoms with Crippen LogP contribution in [0.15, 0.2) is 16.9 Å². The van der Waals surface area contributed by atoms with Gasteiger partial charge in [-0.3, -0.25) is 14.2 Å². The lowest BCUT2D eigenvalue weighted by atomic mass is 10.0. The molecule has 0 unspecified atom stereocenters. The Morgan fingerprint density at radius 1 is 1.29 bits per heavy atom. The molecule has 4 nitrogen and oxygen atoms in total. The third-order valence-electron chi connectivity index (χ3n) is 2.93. The Morgan fingerprint density at radius 3 is 2.53 bits per heavy atom. The van der Waals surface area contributed by atoms with Gasteiger partial charge in [-0.2, -0.15) is 0 Å². The number of carbonyl (C=O) groups is 1. The minimum atomic E-state index is -0.112. The molecular weight excluding hydrogens is 216 g/mol. The lowest BCUT2D eigenvalue weighted by Gasteiger charge is -2.08. The molecule has 17 heavy (non-hydrogen) atoms. The van der Waals surface area contributed by atoms with Crippen molar-refractivity contribution in [2.24, 2.45) is 7.05 Å². The average Bonchev–Trinajstić information content (AvgIpc) is 2.26. The molecule has 0 spiro atoms. The number of fused-ring (bicyclic) bond motifs is 1. The minimum absolute atomic E-state index is 0.0705. The quantitative estimate of drug-likeness (QED) is 0.701. The first-order valence-corrected chi connectivity index (χ1v) is 5.40. The first-order valence-electron chi connectivity index (χ1n) is 5.40. The summed E-state index contributed by atoms with van der Waals surface area (Å²) in [7, 11) is 1.68. The lowest BCUT2D eigenvalue weighted by molar-refractivity contribution is 0.101. The molecule has 0 saturated carbocycles. The molecule has 1 aromatic heterocycles. The second-order valence-corrected chi connectivity index (χ2v) is 4.29. The van der Waals surface area contributed by atoms with Crippen LogP contribution in [0.3, 0.4) is 0 Å². The van der Waals surface area contributed by atoms with Crippen molar-refractivity contribution in [1.82, 2.24) is 9.55 Å². The minimum Gasteiger partial charge on any atom is -0.299 e. The Kier molecular flexibility index (Phi) is 2.58. The summed E-state index contributed by atoms with van der Waals surface area (Å²) in [6, 6.07) is 3.55. The van der Waals surface area contributed by atoms with Crippen LogP contribution in [0.4, 0.5) is 0 Å². The zero-order valence-corrected chi connectivity index (χ0v) is 10.4. The molecule has 4 heteroatoms. The zero-order chi connectivity index (χ0) is 12.7. The van der Waals surface area contributed by atoms with Gasteiger partial charge < -0.3 is 0 Å². The summed E-state index contributed by atoms with van der Waals surface area (Å²) in [5, 5.41) is 0.503. The molecule has 0 atom stereocenters. The highest BCUT2D eigenvalue weighted by Gasteiger charge is 2.12. The first-order chi connectivity index (χ1) is 7.91. The maximum absolute atomic E-state index is 12.1. The van der Waals surface area contributed by atoms with Crippen molar-refractivity contribution in [3.8, 4) is 0 Å². The van der Waals surface area contributed by atoms with Gasteiger partial charge in [-0.15, -0.1) is 0 Å². The van der Waals surface area contributed by atoms with Crippen molar-refractivity contribution in [3.05, 3.63) is 39.4 Å². The number of benzene rings is 1. The molecule has 2 aromatic rings. The molecule has 0 saturated heterocycles. The molecule has 88 valence electrons. The van der Waals surface area contributed by atoms with Crippen LogP contribution in [-0.4, -0.2) is 15.3 Å². The van der Waals surface area contributed by atoms with Gasteiger partial charge in [0, 0.05) is 12.6 Å². The highest BCUT2D eigenvalue weighted by molar-refractivity contribution is 6.05. The summed E-state index contributed by atoms with van der Waals surface area (Å²) in [4.78, 5) is 28.0. The maximum atomic E-state index is 12.1. The summed E-state index contributed by atoms with van der Waals surface area (Å²) in [6.45, 7) is 5.11. The fourth-order valence-electron chi connectivity index (χ4n) is 1.90.